The monoisotopic (exact) mass is 204 g/mol. The number of hydrogen-bond donors (Lipinski definition) is 2. The fourth-order valence-electron chi connectivity index (χ4n) is 1.39. The van der Waals surface area contributed by atoms with Crippen LogP contribution in [0.2, 0.25) is 0 Å². The zero-order chi connectivity index (χ0) is 11.3. The van der Waals surface area contributed by atoms with Crippen molar-refractivity contribution in [3.8, 4) is 6.07 Å². The van der Waals surface area contributed by atoms with Gasteiger partial charge in [0.1, 0.15) is 5.54 Å². The number of nitriles is 1. The predicted octanol–water partition coefficient (Wildman–Crippen LogP) is 1.61. The summed E-state index contributed by atoms with van der Waals surface area (Å²) in [5.41, 5.74) is 0.354. The van der Waals surface area contributed by atoms with Crippen molar-refractivity contribution in [1.82, 2.24) is 5.32 Å². The molecular formula is C12H16N2O. The number of aliphatic hydroxyl groups excluding tert-OH is 1. The molecule has 1 rings (SSSR count). The Morgan fingerprint density at radius 3 is 2.47 bits per heavy atom. The summed E-state index contributed by atoms with van der Waals surface area (Å²) in [6, 6.07) is 11.6. The van der Waals surface area contributed by atoms with Crippen LogP contribution in [0.25, 0.3) is 0 Å². The maximum Gasteiger partial charge on any atom is 0.101 e. The first-order valence-corrected chi connectivity index (χ1v) is 4.94. The lowest BCUT2D eigenvalue weighted by atomic mass is 10.0. The van der Waals surface area contributed by atoms with Crippen molar-refractivity contribution >= 4 is 0 Å². The first-order chi connectivity index (χ1) is 7.09. The summed E-state index contributed by atoms with van der Waals surface area (Å²) in [7, 11) is 0. The van der Waals surface area contributed by atoms with E-state index in [0.717, 1.165) is 5.56 Å². The Labute approximate surface area is 90.4 Å². The van der Waals surface area contributed by atoms with E-state index < -0.39 is 5.54 Å². The molecule has 0 bridgehead atoms. The molecule has 3 nitrogen and oxygen atoms in total. The Kier molecular flexibility index (Phi) is 3.84. The zero-order valence-corrected chi connectivity index (χ0v) is 9.07. The van der Waals surface area contributed by atoms with E-state index >= 15 is 0 Å². The fourth-order valence-corrected chi connectivity index (χ4v) is 1.39. The molecule has 0 heterocycles. The van der Waals surface area contributed by atoms with Crippen molar-refractivity contribution in [2.75, 3.05) is 6.61 Å². The van der Waals surface area contributed by atoms with E-state index in [-0.39, 0.29) is 12.6 Å². The van der Waals surface area contributed by atoms with Crippen LogP contribution in [-0.4, -0.2) is 17.3 Å². The van der Waals surface area contributed by atoms with Crippen LogP contribution in [-0.2, 0) is 0 Å². The number of benzene rings is 1. The van der Waals surface area contributed by atoms with Gasteiger partial charge in [-0.05, 0) is 19.4 Å². The SMILES string of the molecule is CC(C)(C#N)N[C@@H](CO)c1ccccc1. The summed E-state index contributed by atoms with van der Waals surface area (Å²) in [5.74, 6) is 0. The van der Waals surface area contributed by atoms with E-state index in [0.29, 0.717) is 0 Å². The normalized spacial score (nSPS) is 13.2. The Morgan fingerprint density at radius 1 is 1.40 bits per heavy atom. The van der Waals surface area contributed by atoms with Gasteiger partial charge in [-0.3, -0.25) is 5.32 Å². The number of nitrogens with zero attached hydrogens (tertiary/aromatic N) is 1. The summed E-state index contributed by atoms with van der Waals surface area (Å²) in [6.07, 6.45) is 0. The minimum atomic E-state index is -0.636. The van der Waals surface area contributed by atoms with Gasteiger partial charge in [0.2, 0.25) is 0 Å². The van der Waals surface area contributed by atoms with Gasteiger partial charge >= 0.3 is 0 Å². The van der Waals surface area contributed by atoms with Crippen molar-refractivity contribution in [3.63, 3.8) is 0 Å². The van der Waals surface area contributed by atoms with Crippen molar-refractivity contribution < 1.29 is 5.11 Å². The Balaban J connectivity index is 2.79. The highest BCUT2D eigenvalue weighted by Gasteiger charge is 2.21. The van der Waals surface area contributed by atoms with Crippen LogP contribution in [0.1, 0.15) is 25.5 Å². The van der Waals surface area contributed by atoms with E-state index in [1.165, 1.54) is 0 Å². The second-order valence-corrected chi connectivity index (χ2v) is 4.03. The van der Waals surface area contributed by atoms with Gasteiger partial charge in [0.05, 0.1) is 18.7 Å². The Hall–Kier alpha value is -1.37. The topological polar surface area (TPSA) is 56.0 Å². The van der Waals surface area contributed by atoms with Crippen molar-refractivity contribution in [2.24, 2.45) is 0 Å². The van der Waals surface area contributed by atoms with Crippen LogP contribution in [0.5, 0.6) is 0 Å². The molecule has 0 saturated carbocycles. The van der Waals surface area contributed by atoms with Crippen LogP contribution in [0.4, 0.5) is 0 Å². The average Bonchev–Trinajstić information content (AvgIpc) is 2.27. The molecule has 0 radical (unpaired) electrons. The highest BCUT2D eigenvalue weighted by molar-refractivity contribution is 5.20. The van der Waals surface area contributed by atoms with Gasteiger partial charge in [0.15, 0.2) is 0 Å². The smallest absolute Gasteiger partial charge is 0.101 e. The molecule has 0 aromatic heterocycles. The molecule has 0 saturated heterocycles. The third-order valence-electron chi connectivity index (χ3n) is 2.20. The van der Waals surface area contributed by atoms with Gasteiger partial charge in [-0.1, -0.05) is 30.3 Å². The summed E-state index contributed by atoms with van der Waals surface area (Å²) < 4.78 is 0. The zero-order valence-electron chi connectivity index (χ0n) is 9.07. The molecule has 0 aliphatic rings. The number of hydrogen-bond acceptors (Lipinski definition) is 3. The molecular weight excluding hydrogens is 188 g/mol. The summed E-state index contributed by atoms with van der Waals surface area (Å²) in [4.78, 5) is 0. The van der Waals surface area contributed by atoms with E-state index in [4.69, 9.17) is 5.26 Å². The molecule has 0 fully saturated rings. The fraction of sp³-hybridized carbons (Fsp3) is 0.417. The lowest BCUT2D eigenvalue weighted by Gasteiger charge is -2.25. The predicted molar refractivity (Wildman–Crippen MR) is 59.1 cm³/mol. The summed E-state index contributed by atoms with van der Waals surface area (Å²) in [6.45, 7) is 3.56. The largest absolute Gasteiger partial charge is 0.394 e. The molecule has 0 aliphatic heterocycles. The standard InChI is InChI=1S/C12H16N2O/c1-12(2,9-13)14-11(8-15)10-6-4-3-5-7-10/h3-7,11,14-15H,8H2,1-2H3/t11-/m0/s1. The number of nitrogens with one attached hydrogen (secondary N) is 1. The van der Waals surface area contributed by atoms with Gasteiger partial charge in [-0.25, -0.2) is 0 Å². The van der Waals surface area contributed by atoms with Crippen LogP contribution in [0, 0.1) is 11.3 Å². The van der Waals surface area contributed by atoms with Gasteiger partial charge < -0.3 is 5.11 Å². The van der Waals surface area contributed by atoms with Crippen LogP contribution < -0.4 is 5.32 Å². The first-order valence-electron chi connectivity index (χ1n) is 4.94. The minimum Gasteiger partial charge on any atom is -0.394 e. The lowest BCUT2D eigenvalue weighted by Crippen LogP contribution is -2.41. The van der Waals surface area contributed by atoms with Gasteiger partial charge in [-0.2, -0.15) is 5.26 Å². The van der Waals surface area contributed by atoms with Crippen molar-refractivity contribution in [3.05, 3.63) is 35.9 Å². The summed E-state index contributed by atoms with van der Waals surface area (Å²) >= 11 is 0. The Bertz CT molecular complexity index is 340. The molecule has 15 heavy (non-hydrogen) atoms. The molecule has 0 unspecified atom stereocenters. The molecule has 1 aromatic carbocycles. The third-order valence-corrected chi connectivity index (χ3v) is 2.20. The van der Waals surface area contributed by atoms with Crippen molar-refractivity contribution in [1.29, 1.82) is 5.26 Å². The van der Waals surface area contributed by atoms with E-state index in [1.807, 2.05) is 30.3 Å². The third kappa shape index (κ3) is 3.35. The summed E-state index contributed by atoms with van der Waals surface area (Å²) in [5, 5.41) is 21.3. The first kappa shape index (κ1) is 11.7. The van der Waals surface area contributed by atoms with Crippen LogP contribution >= 0.6 is 0 Å². The molecule has 80 valence electrons. The maximum atomic E-state index is 9.27. The maximum absolute atomic E-state index is 9.27. The van der Waals surface area contributed by atoms with Gasteiger partial charge in [0.25, 0.3) is 0 Å². The van der Waals surface area contributed by atoms with E-state index in [9.17, 15) is 5.11 Å². The van der Waals surface area contributed by atoms with Crippen LogP contribution in [0.15, 0.2) is 30.3 Å². The molecule has 0 aliphatic carbocycles. The Morgan fingerprint density at radius 2 is 2.00 bits per heavy atom. The molecule has 1 aromatic rings. The quantitative estimate of drug-likeness (QED) is 0.783. The number of aliphatic hydroxyl groups is 1. The number of rotatable bonds is 4. The minimum absolute atomic E-state index is 0.0187. The van der Waals surface area contributed by atoms with Crippen LogP contribution in [0.3, 0.4) is 0 Å². The highest BCUT2D eigenvalue weighted by atomic mass is 16.3. The molecule has 0 amide bonds. The van der Waals surface area contributed by atoms with Gasteiger partial charge in [-0.15, -0.1) is 0 Å². The second-order valence-electron chi connectivity index (χ2n) is 4.03. The molecule has 3 heteroatoms. The van der Waals surface area contributed by atoms with Gasteiger partial charge in [0, 0.05) is 0 Å². The second kappa shape index (κ2) is 4.92. The average molecular weight is 204 g/mol. The van der Waals surface area contributed by atoms with E-state index in [2.05, 4.69) is 11.4 Å². The highest BCUT2D eigenvalue weighted by Crippen LogP contribution is 2.15. The molecule has 2 N–H and O–H groups in total. The lowest BCUT2D eigenvalue weighted by molar-refractivity contribution is 0.226. The molecule has 0 spiro atoms. The molecule has 1 atom stereocenters. The van der Waals surface area contributed by atoms with E-state index in [1.54, 1.807) is 13.8 Å². The van der Waals surface area contributed by atoms with Crippen molar-refractivity contribution in [2.45, 2.75) is 25.4 Å².